The van der Waals surface area contributed by atoms with E-state index in [-0.39, 0.29) is 5.41 Å². The Labute approximate surface area is 137 Å². The monoisotopic (exact) mass is 313 g/mol. The van der Waals surface area contributed by atoms with Crippen molar-refractivity contribution in [3.8, 4) is 5.75 Å². The highest BCUT2D eigenvalue weighted by Gasteiger charge is 2.21. The Kier molecular flexibility index (Phi) is 5.06. The zero-order valence-electron chi connectivity index (χ0n) is 14.0. The summed E-state index contributed by atoms with van der Waals surface area (Å²) in [5.41, 5.74) is 2.13. The Bertz CT molecular complexity index is 675. The fourth-order valence-corrected chi connectivity index (χ4v) is 2.26. The third-order valence-electron chi connectivity index (χ3n) is 3.69. The number of amides is 1. The summed E-state index contributed by atoms with van der Waals surface area (Å²) in [5.74, 6) is 0.0761. The predicted octanol–water partition coefficient (Wildman–Crippen LogP) is 3.66. The van der Waals surface area contributed by atoms with E-state index in [2.05, 4.69) is 26.1 Å². The van der Waals surface area contributed by atoms with Gasteiger partial charge in [0.25, 0.3) is 5.91 Å². The fraction of sp³-hybridized carbons (Fsp3) is 0.316. The minimum atomic E-state index is -1.22. The van der Waals surface area contributed by atoms with Gasteiger partial charge in [0.05, 0.1) is 12.8 Å². The van der Waals surface area contributed by atoms with Gasteiger partial charge in [-0.3, -0.25) is 4.79 Å². The lowest BCUT2D eigenvalue weighted by molar-refractivity contribution is -0.124. The number of aliphatic hydroxyl groups is 1. The third kappa shape index (κ3) is 4.11. The van der Waals surface area contributed by atoms with Gasteiger partial charge in [0.1, 0.15) is 5.75 Å². The summed E-state index contributed by atoms with van der Waals surface area (Å²) >= 11 is 0. The average Bonchev–Trinajstić information content (AvgIpc) is 2.54. The zero-order chi connectivity index (χ0) is 17.0. The number of hydrogen-bond acceptors (Lipinski definition) is 3. The highest BCUT2D eigenvalue weighted by molar-refractivity contribution is 5.96. The van der Waals surface area contributed by atoms with Gasteiger partial charge in [0, 0.05) is 0 Å². The van der Waals surface area contributed by atoms with Crippen molar-refractivity contribution in [1.29, 1.82) is 0 Å². The van der Waals surface area contributed by atoms with Crippen LogP contribution < -0.4 is 10.1 Å². The molecule has 0 fully saturated rings. The molecule has 2 rings (SSSR count). The maximum absolute atomic E-state index is 12.3. The van der Waals surface area contributed by atoms with Crippen LogP contribution in [0.15, 0.2) is 48.5 Å². The molecule has 0 heterocycles. The van der Waals surface area contributed by atoms with Crippen LogP contribution in [0.1, 0.15) is 38.0 Å². The number of carbonyl (C=O) groups is 1. The number of aliphatic hydroxyl groups excluding tert-OH is 1. The second-order valence-electron chi connectivity index (χ2n) is 6.47. The number of rotatable bonds is 4. The van der Waals surface area contributed by atoms with E-state index < -0.39 is 12.0 Å². The van der Waals surface area contributed by atoms with E-state index in [1.165, 1.54) is 0 Å². The maximum atomic E-state index is 12.3. The first-order valence-electron chi connectivity index (χ1n) is 7.55. The molecule has 0 saturated carbocycles. The van der Waals surface area contributed by atoms with Crippen molar-refractivity contribution in [1.82, 2.24) is 0 Å². The number of methoxy groups -OCH3 is 1. The van der Waals surface area contributed by atoms with Crippen molar-refractivity contribution in [2.75, 3.05) is 12.4 Å². The van der Waals surface area contributed by atoms with Crippen LogP contribution in [0.5, 0.6) is 5.75 Å². The molecule has 4 heteroatoms. The SMILES string of the molecule is COc1ccc(C(C)(C)C)cc1NC(=O)C(O)c1ccccc1. The van der Waals surface area contributed by atoms with Gasteiger partial charge < -0.3 is 15.2 Å². The van der Waals surface area contributed by atoms with Crippen molar-refractivity contribution < 1.29 is 14.6 Å². The van der Waals surface area contributed by atoms with Crippen LogP contribution in [-0.4, -0.2) is 18.1 Å². The number of anilines is 1. The molecule has 0 spiro atoms. The van der Waals surface area contributed by atoms with Crippen molar-refractivity contribution in [3.63, 3.8) is 0 Å². The molecule has 2 N–H and O–H groups in total. The molecule has 0 bridgehead atoms. The fourth-order valence-electron chi connectivity index (χ4n) is 2.26. The Balaban J connectivity index is 2.26. The van der Waals surface area contributed by atoms with Gasteiger partial charge in [-0.15, -0.1) is 0 Å². The Hall–Kier alpha value is -2.33. The molecule has 23 heavy (non-hydrogen) atoms. The van der Waals surface area contributed by atoms with E-state index in [0.717, 1.165) is 5.56 Å². The van der Waals surface area contributed by atoms with Crippen LogP contribution in [0, 0.1) is 0 Å². The van der Waals surface area contributed by atoms with Crippen LogP contribution in [0.4, 0.5) is 5.69 Å². The van der Waals surface area contributed by atoms with Gasteiger partial charge in [-0.05, 0) is 28.7 Å². The summed E-state index contributed by atoms with van der Waals surface area (Å²) in [5, 5.41) is 12.9. The molecule has 1 atom stereocenters. The molecule has 1 amide bonds. The summed E-state index contributed by atoms with van der Waals surface area (Å²) in [6.07, 6.45) is -1.22. The summed E-state index contributed by atoms with van der Waals surface area (Å²) in [4.78, 5) is 12.3. The number of benzene rings is 2. The van der Waals surface area contributed by atoms with Gasteiger partial charge in [-0.2, -0.15) is 0 Å². The van der Waals surface area contributed by atoms with Crippen LogP contribution >= 0.6 is 0 Å². The first kappa shape index (κ1) is 17.0. The standard InChI is InChI=1S/C19H23NO3/c1-19(2,3)14-10-11-16(23-4)15(12-14)20-18(22)17(21)13-8-6-5-7-9-13/h5-12,17,21H,1-4H3,(H,20,22). The largest absolute Gasteiger partial charge is 0.495 e. The van der Waals surface area contributed by atoms with Gasteiger partial charge in [0.2, 0.25) is 0 Å². The molecule has 122 valence electrons. The molecule has 0 aromatic heterocycles. The molecule has 0 radical (unpaired) electrons. The van der Waals surface area contributed by atoms with Gasteiger partial charge in [0.15, 0.2) is 6.10 Å². The number of ether oxygens (including phenoxy) is 1. The molecule has 0 aliphatic rings. The molecule has 2 aromatic carbocycles. The number of carbonyl (C=O) groups excluding carboxylic acids is 1. The van der Waals surface area contributed by atoms with Gasteiger partial charge in [-0.1, -0.05) is 57.2 Å². The second kappa shape index (κ2) is 6.84. The third-order valence-corrected chi connectivity index (χ3v) is 3.69. The highest BCUT2D eigenvalue weighted by atomic mass is 16.5. The van der Waals surface area contributed by atoms with Crippen molar-refractivity contribution in [2.45, 2.75) is 32.3 Å². The van der Waals surface area contributed by atoms with Crippen molar-refractivity contribution in [3.05, 3.63) is 59.7 Å². The average molecular weight is 313 g/mol. The maximum Gasteiger partial charge on any atom is 0.257 e. The van der Waals surface area contributed by atoms with E-state index in [4.69, 9.17) is 4.74 Å². The van der Waals surface area contributed by atoms with Gasteiger partial charge in [-0.25, -0.2) is 0 Å². The van der Waals surface area contributed by atoms with Crippen LogP contribution in [0.25, 0.3) is 0 Å². The molecular weight excluding hydrogens is 290 g/mol. The molecule has 2 aromatic rings. The van der Waals surface area contributed by atoms with Crippen molar-refractivity contribution >= 4 is 11.6 Å². The second-order valence-corrected chi connectivity index (χ2v) is 6.47. The minimum Gasteiger partial charge on any atom is -0.495 e. The van der Waals surface area contributed by atoms with E-state index >= 15 is 0 Å². The summed E-state index contributed by atoms with van der Waals surface area (Å²) in [6, 6.07) is 14.5. The van der Waals surface area contributed by atoms with Crippen LogP contribution in [0.3, 0.4) is 0 Å². The van der Waals surface area contributed by atoms with E-state index in [1.807, 2.05) is 24.3 Å². The summed E-state index contributed by atoms with van der Waals surface area (Å²) in [7, 11) is 1.55. The van der Waals surface area contributed by atoms with E-state index in [1.54, 1.807) is 31.4 Å². The Morgan fingerprint density at radius 2 is 1.78 bits per heavy atom. The molecule has 4 nitrogen and oxygen atoms in total. The molecule has 0 saturated heterocycles. The molecule has 0 aliphatic carbocycles. The summed E-state index contributed by atoms with van der Waals surface area (Å²) < 4.78 is 5.30. The molecular formula is C19H23NO3. The van der Waals surface area contributed by atoms with E-state index in [9.17, 15) is 9.90 Å². The number of nitrogens with one attached hydrogen (secondary N) is 1. The lowest BCUT2D eigenvalue weighted by atomic mass is 9.87. The Morgan fingerprint density at radius 1 is 1.13 bits per heavy atom. The normalized spacial score (nSPS) is 12.6. The molecule has 0 aliphatic heterocycles. The lowest BCUT2D eigenvalue weighted by Gasteiger charge is -2.21. The van der Waals surface area contributed by atoms with E-state index in [0.29, 0.717) is 17.0 Å². The first-order chi connectivity index (χ1) is 10.8. The number of hydrogen-bond donors (Lipinski definition) is 2. The topological polar surface area (TPSA) is 58.6 Å². The lowest BCUT2D eigenvalue weighted by Crippen LogP contribution is -2.21. The molecule has 1 unspecified atom stereocenters. The zero-order valence-corrected chi connectivity index (χ0v) is 14.0. The quantitative estimate of drug-likeness (QED) is 0.905. The van der Waals surface area contributed by atoms with Crippen molar-refractivity contribution in [2.24, 2.45) is 0 Å². The van der Waals surface area contributed by atoms with Crippen LogP contribution in [-0.2, 0) is 10.2 Å². The smallest absolute Gasteiger partial charge is 0.257 e. The minimum absolute atomic E-state index is 0.0518. The summed E-state index contributed by atoms with van der Waals surface area (Å²) in [6.45, 7) is 6.29. The highest BCUT2D eigenvalue weighted by Crippen LogP contribution is 2.32. The first-order valence-corrected chi connectivity index (χ1v) is 7.55. The van der Waals surface area contributed by atoms with Gasteiger partial charge >= 0.3 is 0 Å². The Morgan fingerprint density at radius 3 is 2.35 bits per heavy atom. The van der Waals surface area contributed by atoms with Crippen LogP contribution in [0.2, 0.25) is 0 Å². The predicted molar refractivity (Wildman–Crippen MR) is 91.7 cm³/mol.